The summed E-state index contributed by atoms with van der Waals surface area (Å²) in [4.78, 5) is 11.0. The van der Waals surface area contributed by atoms with Gasteiger partial charge in [0.05, 0.1) is 0 Å². The van der Waals surface area contributed by atoms with Crippen LogP contribution in [0.3, 0.4) is 0 Å². The second kappa shape index (κ2) is 4.80. The number of carbonyl (C=O) groups excluding carboxylic acids is 1. The third kappa shape index (κ3) is 2.52. The number of rotatable bonds is 3. The number of nitrogens with two attached hydrogens (primary N) is 2. The van der Waals surface area contributed by atoms with Crippen LogP contribution in [0.25, 0.3) is 11.1 Å². The van der Waals surface area contributed by atoms with Crippen LogP contribution < -0.4 is 11.5 Å². The monoisotopic (exact) mass is 226 g/mol. The van der Waals surface area contributed by atoms with E-state index >= 15 is 0 Å². The molecule has 1 atom stereocenters. The van der Waals surface area contributed by atoms with Crippen molar-refractivity contribution in [3.8, 4) is 11.1 Å². The third-order valence-electron chi connectivity index (χ3n) is 2.68. The zero-order valence-corrected chi connectivity index (χ0v) is 9.34. The number of benzene rings is 2. The highest BCUT2D eigenvalue weighted by molar-refractivity contribution is 5.81. The molecular weight excluding hydrogens is 212 g/mol. The Morgan fingerprint density at radius 1 is 0.882 bits per heavy atom. The Balaban J connectivity index is 2.28. The fraction of sp³-hybridized carbons (Fsp3) is 0.0714. The molecule has 0 spiro atoms. The van der Waals surface area contributed by atoms with Crippen molar-refractivity contribution in [2.45, 2.75) is 6.04 Å². The molecule has 17 heavy (non-hydrogen) atoms. The van der Waals surface area contributed by atoms with Crippen molar-refractivity contribution >= 4 is 5.91 Å². The minimum Gasteiger partial charge on any atom is -0.368 e. The number of amides is 1. The predicted octanol–water partition coefficient (Wildman–Crippen LogP) is 1.84. The Kier molecular flexibility index (Phi) is 3.21. The molecule has 3 nitrogen and oxygen atoms in total. The molecule has 0 saturated heterocycles. The Morgan fingerprint density at radius 2 is 1.41 bits per heavy atom. The van der Waals surface area contributed by atoms with E-state index in [-0.39, 0.29) is 0 Å². The second-order valence-corrected chi connectivity index (χ2v) is 3.87. The third-order valence-corrected chi connectivity index (χ3v) is 2.68. The predicted molar refractivity (Wildman–Crippen MR) is 68.0 cm³/mol. The van der Waals surface area contributed by atoms with Crippen LogP contribution in [0.4, 0.5) is 0 Å². The smallest absolute Gasteiger partial charge is 0.238 e. The van der Waals surface area contributed by atoms with Gasteiger partial charge in [0.2, 0.25) is 5.91 Å². The van der Waals surface area contributed by atoms with Crippen molar-refractivity contribution in [1.82, 2.24) is 0 Å². The van der Waals surface area contributed by atoms with Gasteiger partial charge in [-0.3, -0.25) is 4.79 Å². The van der Waals surface area contributed by atoms with Crippen molar-refractivity contribution in [2.75, 3.05) is 0 Å². The Morgan fingerprint density at radius 3 is 1.94 bits per heavy atom. The summed E-state index contributed by atoms with van der Waals surface area (Å²) >= 11 is 0. The molecule has 0 aliphatic heterocycles. The first-order chi connectivity index (χ1) is 8.18. The van der Waals surface area contributed by atoms with Crippen LogP contribution >= 0.6 is 0 Å². The van der Waals surface area contributed by atoms with Gasteiger partial charge in [0.15, 0.2) is 0 Å². The van der Waals surface area contributed by atoms with Gasteiger partial charge in [0.1, 0.15) is 6.04 Å². The lowest BCUT2D eigenvalue weighted by molar-refractivity contribution is -0.119. The van der Waals surface area contributed by atoms with Crippen molar-refractivity contribution in [2.24, 2.45) is 11.5 Å². The van der Waals surface area contributed by atoms with Gasteiger partial charge in [0, 0.05) is 0 Å². The summed E-state index contributed by atoms with van der Waals surface area (Å²) in [5.74, 6) is -0.516. The highest BCUT2D eigenvalue weighted by Crippen LogP contribution is 2.20. The normalized spacial score (nSPS) is 12.1. The summed E-state index contributed by atoms with van der Waals surface area (Å²) in [6.45, 7) is 0. The summed E-state index contributed by atoms with van der Waals surface area (Å²) in [6, 6.07) is 16.8. The molecule has 3 heteroatoms. The average Bonchev–Trinajstić information content (AvgIpc) is 2.39. The summed E-state index contributed by atoms with van der Waals surface area (Å²) in [6.07, 6.45) is 0. The maximum Gasteiger partial charge on any atom is 0.238 e. The van der Waals surface area contributed by atoms with E-state index in [0.717, 1.165) is 16.7 Å². The first-order valence-corrected chi connectivity index (χ1v) is 5.39. The lowest BCUT2D eigenvalue weighted by Gasteiger charge is -2.08. The van der Waals surface area contributed by atoms with Crippen LogP contribution in [0.2, 0.25) is 0 Å². The summed E-state index contributed by atoms with van der Waals surface area (Å²) < 4.78 is 0. The first kappa shape index (κ1) is 11.4. The van der Waals surface area contributed by atoms with E-state index in [1.807, 2.05) is 54.6 Å². The van der Waals surface area contributed by atoms with Crippen LogP contribution in [0.5, 0.6) is 0 Å². The van der Waals surface area contributed by atoms with E-state index in [4.69, 9.17) is 11.5 Å². The molecular formula is C14H14N2O. The molecule has 0 saturated carbocycles. The van der Waals surface area contributed by atoms with Gasteiger partial charge in [-0.1, -0.05) is 54.6 Å². The quantitative estimate of drug-likeness (QED) is 0.838. The van der Waals surface area contributed by atoms with Crippen LogP contribution in [0, 0.1) is 0 Å². The molecule has 2 aromatic carbocycles. The van der Waals surface area contributed by atoms with Crippen molar-refractivity contribution in [3.63, 3.8) is 0 Å². The standard InChI is InChI=1S/C14H14N2O/c15-13(14(16)17)12-8-6-11(7-9-12)10-4-2-1-3-5-10/h1-9,13H,15H2,(H2,16,17)/t13-/m0/s1. The molecule has 0 unspecified atom stereocenters. The highest BCUT2D eigenvalue weighted by atomic mass is 16.1. The number of hydrogen-bond acceptors (Lipinski definition) is 2. The molecule has 0 fully saturated rings. The maximum atomic E-state index is 11.0. The van der Waals surface area contributed by atoms with Crippen LogP contribution in [-0.4, -0.2) is 5.91 Å². The Hall–Kier alpha value is -2.13. The Bertz CT molecular complexity index is 506. The Labute approximate surface area is 100 Å². The lowest BCUT2D eigenvalue weighted by atomic mass is 10.0. The van der Waals surface area contributed by atoms with Gasteiger partial charge in [-0.25, -0.2) is 0 Å². The highest BCUT2D eigenvalue weighted by Gasteiger charge is 2.11. The summed E-state index contributed by atoms with van der Waals surface area (Å²) in [5, 5.41) is 0. The van der Waals surface area contributed by atoms with Gasteiger partial charge in [-0.05, 0) is 16.7 Å². The molecule has 1 amide bonds. The molecule has 0 radical (unpaired) electrons. The van der Waals surface area contributed by atoms with Crippen LogP contribution in [0.1, 0.15) is 11.6 Å². The number of hydrogen-bond donors (Lipinski definition) is 2. The van der Waals surface area contributed by atoms with Crippen LogP contribution in [0.15, 0.2) is 54.6 Å². The van der Waals surface area contributed by atoms with E-state index in [9.17, 15) is 4.79 Å². The molecule has 86 valence electrons. The first-order valence-electron chi connectivity index (χ1n) is 5.39. The average molecular weight is 226 g/mol. The lowest BCUT2D eigenvalue weighted by Crippen LogP contribution is -2.28. The van der Waals surface area contributed by atoms with E-state index in [1.54, 1.807) is 0 Å². The van der Waals surface area contributed by atoms with E-state index in [1.165, 1.54) is 0 Å². The molecule has 0 aliphatic carbocycles. The van der Waals surface area contributed by atoms with Crippen molar-refractivity contribution in [3.05, 3.63) is 60.2 Å². The topological polar surface area (TPSA) is 69.1 Å². The van der Waals surface area contributed by atoms with E-state index in [0.29, 0.717) is 0 Å². The molecule has 0 heterocycles. The minimum atomic E-state index is -0.736. The number of carbonyl (C=O) groups is 1. The van der Waals surface area contributed by atoms with Gasteiger partial charge >= 0.3 is 0 Å². The van der Waals surface area contributed by atoms with Gasteiger partial charge in [0.25, 0.3) is 0 Å². The molecule has 0 bridgehead atoms. The van der Waals surface area contributed by atoms with Gasteiger partial charge in [-0.2, -0.15) is 0 Å². The fourth-order valence-corrected chi connectivity index (χ4v) is 1.68. The summed E-state index contributed by atoms with van der Waals surface area (Å²) in [5.41, 5.74) is 13.8. The summed E-state index contributed by atoms with van der Waals surface area (Å²) in [7, 11) is 0. The SMILES string of the molecule is NC(=O)[C@@H](N)c1ccc(-c2ccccc2)cc1. The molecule has 2 rings (SSSR count). The van der Waals surface area contributed by atoms with Gasteiger partial charge < -0.3 is 11.5 Å². The van der Waals surface area contributed by atoms with Crippen molar-refractivity contribution < 1.29 is 4.79 Å². The molecule has 0 aliphatic rings. The molecule has 4 N–H and O–H groups in total. The van der Waals surface area contributed by atoms with Crippen molar-refractivity contribution in [1.29, 1.82) is 0 Å². The molecule has 2 aromatic rings. The van der Waals surface area contributed by atoms with Gasteiger partial charge in [-0.15, -0.1) is 0 Å². The minimum absolute atomic E-state index is 0.516. The second-order valence-electron chi connectivity index (χ2n) is 3.87. The van der Waals surface area contributed by atoms with Crippen LogP contribution in [-0.2, 0) is 4.79 Å². The maximum absolute atomic E-state index is 11.0. The van der Waals surface area contributed by atoms with E-state index < -0.39 is 11.9 Å². The largest absolute Gasteiger partial charge is 0.368 e. The molecule has 0 aromatic heterocycles. The fourth-order valence-electron chi connectivity index (χ4n) is 1.68. The number of primary amides is 1. The van der Waals surface area contributed by atoms with E-state index in [2.05, 4.69) is 0 Å². The zero-order chi connectivity index (χ0) is 12.3. The zero-order valence-electron chi connectivity index (χ0n) is 9.34.